The number of hydrogen-bond donors (Lipinski definition) is 2. The smallest absolute Gasteiger partial charge is 0.339 e. The number of para-hydroxylation sites is 1. The van der Waals surface area contributed by atoms with Crippen LogP contribution in [0.2, 0.25) is 5.02 Å². The molecular formula is C25H19ClN4O3S2. The molecule has 5 rings (SSSR count). The van der Waals surface area contributed by atoms with Crippen molar-refractivity contribution in [3.05, 3.63) is 95.9 Å². The van der Waals surface area contributed by atoms with Gasteiger partial charge in [0, 0.05) is 34.3 Å². The van der Waals surface area contributed by atoms with E-state index in [0.717, 1.165) is 16.6 Å². The predicted molar refractivity (Wildman–Crippen MR) is 140 cm³/mol. The fourth-order valence-electron chi connectivity index (χ4n) is 3.44. The van der Waals surface area contributed by atoms with Gasteiger partial charge in [-0.2, -0.15) is 4.72 Å². The zero-order valence-electron chi connectivity index (χ0n) is 18.4. The molecule has 2 N–H and O–H groups in total. The molecule has 2 atom stereocenters. The molecule has 0 aliphatic carbocycles. The Labute approximate surface area is 213 Å². The van der Waals surface area contributed by atoms with Crippen molar-refractivity contribution in [3.63, 3.8) is 0 Å². The van der Waals surface area contributed by atoms with Gasteiger partial charge in [-0.25, -0.2) is 14.7 Å². The normalized spacial score (nSPS) is 12.9. The van der Waals surface area contributed by atoms with E-state index in [9.17, 15) is 9.11 Å². The van der Waals surface area contributed by atoms with E-state index in [-0.39, 0.29) is 5.09 Å². The number of halogens is 1. The molecule has 2 heterocycles. The molecule has 5 aromatic rings. The fraction of sp³-hybridized carbons (Fsp3) is 0.0400. The summed E-state index contributed by atoms with van der Waals surface area (Å²) in [7, 11) is 0. The summed E-state index contributed by atoms with van der Waals surface area (Å²) < 4.78 is 37.8. The molecule has 2 aromatic heterocycles. The standard InChI is InChI=1S/C25H19ClN4O3S2/c1-16-27-12-11-21(28-16)17-6-4-7-20(13-17)34(31)29-22-10-9-19(26)15-23(22)30-35(32)25-14-18-5-2-3-8-24(18)33-25/h2-15,29-30H,1H3. The van der Waals surface area contributed by atoms with E-state index in [4.69, 9.17) is 16.0 Å². The lowest BCUT2D eigenvalue weighted by atomic mass is 10.1. The van der Waals surface area contributed by atoms with Gasteiger partial charge in [-0.05, 0) is 43.3 Å². The summed E-state index contributed by atoms with van der Waals surface area (Å²) in [4.78, 5) is 9.11. The van der Waals surface area contributed by atoms with E-state index in [1.54, 1.807) is 48.7 Å². The highest BCUT2D eigenvalue weighted by Gasteiger charge is 2.22. The topological polar surface area (TPSA) is 109 Å². The lowest BCUT2D eigenvalue weighted by Crippen LogP contribution is -2.17. The largest absolute Gasteiger partial charge is 0.588 e. The van der Waals surface area contributed by atoms with Crippen molar-refractivity contribution in [3.8, 4) is 11.3 Å². The highest BCUT2D eigenvalue weighted by molar-refractivity contribution is 7.93. The molecule has 7 nitrogen and oxygen atoms in total. The number of nitrogens with one attached hydrogen (secondary N) is 2. The molecule has 0 radical (unpaired) electrons. The maximum Gasteiger partial charge on any atom is 0.339 e. The maximum absolute atomic E-state index is 13.2. The Hall–Kier alpha value is -3.21. The molecule has 0 fully saturated rings. The molecule has 0 amide bonds. The molecule has 0 saturated heterocycles. The summed E-state index contributed by atoms with van der Waals surface area (Å²) in [5, 5.41) is 1.56. The number of aromatic nitrogens is 2. The van der Waals surface area contributed by atoms with Crippen molar-refractivity contribution in [2.45, 2.75) is 16.9 Å². The van der Waals surface area contributed by atoms with Crippen LogP contribution in [0.25, 0.3) is 22.2 Å². The SMILES string of the molecule is Cc1nccc(-c2cccc([S+]([O-])Nc3ccc(Cl)cc3N[S+]([O-])c3cc4ccccc4o3)c2)n1. The average molecular weight is 523 g/mol. The number of nitrogens with zero attached hydrogens (tertiary/aromatic N) is 2. The Morgan fingerprint density at radius 1 is 0.857 bits per heavy atom. The van der Waals surface area contributed by atoms with Crippen LogP contribution in [0, 0.1) is 6.92 Å². The number of fused-ring (bicyclic) bond motifs is 1. The average Bonchev–Trinajstić information content (AvgIpc) is 3.30. The second-order valence-electron chi connectivity index (χ2n) is 7.55. The van der Waals surface area contributed by atoms with Crippen LogP contribution < -0.4 is 9.44 Å². The number of aryl methyl sites for hydroxylation is 1. The Bertz CT molecular complexity index is 1460. The van der Waals surface area contributed by atoms with Gasteiger partial charge in [0.25, 0.3) is 0 Å². The third kappa shape index (κ3) is 5.39. The van der Waals surface area contributed by atoms with Gasteiger partial charge in [-0.3, -0.25) is 0 Å². The third-order valence-electron chi connectivity index (χ3n) is 5.09. The first-order chi connectivity index (χ1) is 17.0. The minimum Gasteiger partial charge on any atom is -0.588 e. The highest BCUT2D eigenvalue weighted by Crippen LogP contribution is 2.32. The maximum atomic E-state index is 13.2. The van der Waals surface area contributed by atoms with Gasteiger partial charge in [0.1, 0.15) is 45.5 Å². The molecular weight excluding hydrogens is 504 g/mol. The molecule has 0 aliphatic heterocycles. The van der Waals surface area contributed by atoms with Crippen LogP contribution in [0.3, 0.4) is 0 Å². The summed E-state index contributed by atoms with van der Waals surface area (Å²) >= 11 is 2.87. The summed E-state index contributed by atoms with van der Waals surface area (Å²) in [5.74, 6) is 0.654. The molecule has 0 spiro atoms. The van der Waals surface area contributed by atoms with E-state index in [1.807, 2.05) is 43.3 Å². The molecule has 176 valence electrons. The zero-order valence-corrected chi connectivity index (χ0v) is 20.8. The molecule has 3 aromatic carbocycles. The van der Waals surface area contributed by atoms with Crippen LogP contribution in [0.5, 0.6) is 0 Å². The monoisotopic (exact) mass is 522 g/mol. The lowest BCUT2D eigenvalue weighted by Gasteiger charge is -2.16. The van der Waals surface area contributed by atoms with Crippen LogP contribution in [-0.4, -0.2) is 19.1 Å². The van der Waals surface area contributed by atoms with Gasteiger partial charge < -0.3 is 13.5 Å². The van der Waals surface area contributed by atoms with Crippen molar-refractivity contribution in [2.75, 3.05) is 9.44 Å². The van der Waals surface area contributed by atoms with Gasteiger partial charge >= 0.3 is 5.09 Å². The van der Waals surface area contributed by atoms with Gasteiger partial charge in [0.2, 0.25) is 0 Å². The van der Waals surface area contributed by atoms with Gasteiger partial charge in [0.05, 0.1) is 5.69 Å². The zero-order chi connectivity index (χ0) is 24.4. The first-order valence-corrected chi connectivity index (χ1v) is 13.2. The molecule has 2 unspecified atom stereocenters. The van der Waals surface area contributed by atoms with Crippen molar-refractivity contribution in [1.82, 2.24) is 9.97 Å². The Balaban J connectivity index is 1.37. The van der Waals surface area contributed by atoms with Crippen LogP contribution >= 0.6 is 11.6 Å². The number of furan rings is 1. The van der Waals surface area contributed by atoms with Gasteiger partial charge in [-0.1, -0.05) is 41.9 Å². The van der Waals surface area contributed by atoms with Gasteiger partial charge in [-0.15, -0.1) is 0 Å². The van der Waals surface area contributed by atoms with Crippen LogP contribution in [0.4, 0.5) is 11.4 Å². The van der Waals surface area contributed by atoms with E-state index >= 15 is 0 Å². The molecule has 35 heavy (non-hydrogen) atoms. The van der Waals surface area contributed by atoms with Crippen LogP contribution in [0.15, 0.2) is 99.5 Å². The van der Waals surface area contributed by atoms with Crippen molar-refractivity contribution in [1.29, 1.82) is 0 Å². The Kier molecular flexibility index (Phi) is 6.85. The first-order valence-electron chi connectivity index (χ1n) is 10.5. The summed E-state index contributed by atoms with van der Waals surface area (Å²) in [5.41, 5.74) is 3.10. The number of hydrogen-bond acceptors (Lipinski definition) is 7. The van der Waals surface area contributed by atoms with E-state index < -0.39 is 22.7 Å². The lowest BCUT2D eigenvalue weighted by molar-refractivity contribution is 0.484. The molecule has 10 heteroatoms. The molecule has 0 saturated carbocycles. The quantitative estimate of drug-likeness (QED) is 0.248. The van der Waals surface area contributed by atoms with Crippen LogP contribution in [0.1, 0.15) is 5.82 Å². The number of benzene rings is 3. The van der Waals surface area contributed by atoms with Crippen molar-refractivity contribution >= 4 is 56.7 Å². The highest BCUT2D eigenvalue weighted by atomic mass is 35.5. The van der Waals surface area contributed by atoms with E-state index in [2.05, 4.69) is 19.4 Å². The van der Waals surface area contributed by atoms with Crippen molar-refractivity contribution in [2.24, 2.45) is 0 Å². The van der Waals surface area contributed by atoms with E-state index in [0.29, 0.717) is 32.7 Å². The third-order valence-corrected chi connectivity index (χ3v) is 7.39. The minimum absolute atomic E-state index is 0.270. The predicted octanol–water partition coefficient (Wildman–Crippen LogP) is 6.12. The Morgan fingerprint density at radius 2 is 1.69 bits per heavy atom. The minimum atomic E-state index is -1.70. The fourth-order valence-corrected chi connectivity index (χ4v) is 5.41. The number of rotatable bonds is 7. The molecule has 0 bridgehead atoms. The first kappa shape index (κ1) is 23.5. The summed E-state index contributed by atoms with van der Waals surface area (Å²) in [6, 6.07) is 23.2. The number of anilines is 2. The van der Waals surface area contributed by atoms with Gasteiger partial charge in [0.15, 0.2) is 4.90 Å². The van der Waals surface area contributed by atoms with Crippen molar-refractivity contribution < 1.29 is 13.5 Å². The van der Waals surface area contributed by atoms with Crippen LogP contribution in [-0.2, 0) is 22.7 Å². The summed E-state index contributed by atoms with van der Waals surface area (Å²) in [6.45, 7) is 1.82. The second kappa shape index (κ2) is 10.2. The summed E-state index contributed by atoms with van der Waals surface area (Å²) in [6.07, 6.45) is 1.69. The Morgan fingerprint density at radius 3 is 2.51 bits per heavy atom. The molecule has 0 aliphatic rings. The van der Waals surface area contributed by atoms with E-state index in [1.165, 1.54) is 0 Å². The second-order valence-corrected chi connectivity index (χ2v) is 10.3.